The largest absolute Gasteiger partial charge is 0.311 e. The minimum Gasteiger partial charge on any atom is -0.311 e. The molecule has 0 N–H and O–H groups in total. The molecule has 0 spiro atoms. The minimum absolute atomic E-state index is 0.0285. The van der Waals surface area contributed by atoms with E-state index in [2.05, 4.69) is 206 Å². The van der Waals surface area contributed by atoms with Gasteiger partial charge in [-0.25, -0.2) is 0 Å². The predicted molar refractivity (Wildman–Crippen MR) is 267 cm³/mol. The number of hydrogen-bond donors (Lipinski definition) is 0. The molecule has 0 saturated heterocycles. The van der Waals surface area contributed by atoms with E-state index >= 15 is 0 Å². The monoisotopic (exact) mass is 810 g/mol. The summed E-state index contributed by atoms with van der Waals surface area (Å²) < 4.78 is 2.67. The van der Waals surface area contributed by atoms with E-state index in [1.165, 1.54) is 128 Å². The van der Waals surface area contributed by atoms with Crippen molar-refractivity contribution in [2.45, 2.75) is 98.3 Å². The van der Waals surface area contributed by atoms with Gasteiger partial charge in [0.1, 0.15) is 0 Å². The Bertz CT molecular complexity index is 3140. The van der Waals surface area contributed by atoms with Gasteiger partial charge in [0.15, 0.2) is 0 Å². The average molecular weight is 811 g/mol. The number of aryl methyl sites for hydroxylation is 3. The van der Waals surface area contributed by atoms with Gasteiger partial charge < -0.3 is 9.80 Å². The molecule has 4 heteroatoms. The first-order valence-corrected chi connectivity index (χ1v) is 23.1. The van der Waals surface area contributed by atoms with Crippen molar-refractivity contribution >= 4 is 88.7 Å². The molecule has 0 saturated carbocycles. The number of hydrogen-bond acceptors (Lipinski definition) is 3. The maximum Gasteiger partial charge on any atom is 0.252 e. The van der Waals surface area contributed by atoms with Gasteiger partial charge in [0.2, 0.25) is 0 Å². The molecule has 0 radical (unpaired) electrons. The van der Waals surface area contributed by atoms with Gasteiger partial charge in [0.05, 0.1) is 0 Å². The molecule has 302 valence electrons. The molecule has 11 rings (SSSR count). The first-order chi connectivity index (χ1) is 29.1. The van der Waals surface area contributed by atoms with Crippen LogP contribution in [0.5, 0.6) is 0 Å². The van der Waals surface area contributed by atoms with Crippen LogP contribution in [0.2, 0.25) is 0 Å². The molecule has 3 aliphatic rings. The first kappa shape index (κ1) is 38.4. The first-order valence-electron chi connectivity index (χ1n) is 22.3. The van der Waals surface area contributed by atoms with E-state index in [1.807, 2.05) is 11.3 Å². The number of rotatable bonds is 3. The summed E-state index contributed by atoms with van der Waals surface area (Å²) in [6.07, 6.45) is 2.35. The van der Waals surface area contributed by atoms with Crippen LogP contribution >= 0.6 is 11.3 Å². The number of benzene rings is 7. The predicted octanol–water partition coefficient (Wildman–Crippen LogP) is 14.4. The molecule has 0 bridgehead atoms. The Kier molecular flexibility index (Phi) is 8.31. The molecule has 0 fully saturated rings. The van der Waals surface area contributed by atoms with E-state index in [1.54, 1.807) is 0 Å². The van der Waals surface area contributed by atoms with Crippen LogP contribution in [0.4, 0.5) is 34.1 Å². The molecule has 8 aromatic rings. The molecule has 7 aromatic carbocycles. The third-order valence-electron chi connectivity index (χ3n) is 14.7. The van der Waals surface area contributed by atoms with Crippen LogP contribution in [-0.2, 0) is 16.2 Å². The lowest BCUT2D eigenvalue weighted by Crippen LogP contribution is -2.62. The van der Waals surface area contributed by atoms with E-state index in [0.29, 0.717) is 0 Å². The highest BCUT2D eigenvalue weighted by atomic mass is 32.1. The summed E-state index contributed by atoms with van der Waals surface area (Å²) in [5, 5.41) is 2.69. The molecule has 2 nitrogen and oxygen atoms in total. The van der Waals surface area contributed by atoms with E-state index in [-0.39, 0.29) is 23.0 Å². The number of thiophene rings is 1. The Hall–Kier alpha value is -5.58. The molecular formula is C57H55BN2S. The minimum atomic E-state index is 0.0285. The summed E-state index contributed by atoms with van der Waals surface area (Å²) in [6, 6.07) is 49.6. The molecule has 1 aliphatic carbocycles. The fourth-order valence-corrected chi connectivity index (χ4v) is 12.2. The van der Waals surface area contributed by atoms with E-state index in [4.69, 9.17) is 0 Å². The number of fused-ring (bicyclic) bond motifs is 8. The molecule has 0 unspecified atom stereocenters. The Morgan fingerprint density at radius 2 is 1.10 bits per heavy atom. The summed E-state index contributed by atoms with van der Waals surface area (Å²) in [4.78, 5) is 5.29. The summed E-state index contributed by atoms with van der Waals surface area (Å²) in [7, 11) is 0. The van der Waals surface area contributed by atoms with Gasteiger partial charge in [0.25, 0.3) is 6.71 Å². The number of anilines is 6. The molecule has 0 amide bonds. The third kappa shape index (κ3) is 5.74. The van der Waals surface area contributed by atoms with Gasteiger partial charge in [0, 0.05) is 48.9 Å². The van der Waals surface area contributed by atoms with Crippen molar-refractivity contribution in [3.63, 3.8) is 0 Å². The number of para-hydroxylation sites is 1. The van der Waals surface area contributed by atoms with Crippen molar-refractivity contribution in [3.8, 4) is 11.1 Å². The molecule has 61 heavy (non-hydrogen) atoms. The van der Waals surface area contributed by atoms with Gasteiger partial charge in [-0.3, -0.25) is 0 Å². The Morgan fingerprint density at radius 3 is 1.77 bits per heavy atom. The van der Waals surface area contributed by atoms with E-state index in [0.717, 1.165) is 0 Å². The van der Waals surface area contributed by atoms with Crippen LogP contribution in [0.1, 0.15) is 94.7 Å². The van der Waals surface area contributed by atoms with E-state index in [9.17, 15) is 0 Å². The van der Waals surface area contributed by atoms with Crippen LogP contribution in [0, 0.1) is 20.8 Å². The topological polar surface area (TPSA) is 6.48 Å². The second-order valence-corrected chi connectivity index (χ2v) is 21.7. The van der Waals surface area contributed by atoms with Crippen molar-refractivity contribution in [1.29, 1.82) is 0 Å². The smallest absolute Gasteiger partial charge is 0.252 e. The molecule has 1 aromatic heterocycles. The van der Waals surface area contributed by atoms with Gasteiger partial charge in [-0.05, 0) is 159 Å². The van der Waals surface area contributed by atoms with Gasteiger partial charge in [-0.2, -0.15) is 0 Å². The third-order valence-corrected chi connectivity index (χ3v) is 15.8. The maximum atomic E-state index is 2.67. The molecule has 0 atom stereocenters. The highest BCUT2D eigenvalue weighted by Crippen LogP contribution is 2.52. The number of nitrogens with zero attached hydrogens (tertiary/aromatic N) is 2. The second-order valence-electron chi connectivity index (χ2n) is 20.6. The Labute approximate surface area is 367 Å². The summed E-state index contributed by atoms with van der Waals surface area (Å²) in [6.45, 7) is 23.8. The highest BCUT2D eigenvalue weighted by molar-refractivity contribution is 7.26. The molecule has 2 aliphatic heterocycles. The fraction of sp³-hybridized carbons (Fsp3) is 0.263. The summed E-state index contributed by atoms with van der Waals surface area (Å²) >= 11 is 1.92. The highest BCUT2D eigenvalue weighted by Gasteiger charge is 2.47. The van der Waals surface area contributed by atoms with Crippen LogP contribution in [0.15, 0.2) is 127 Å². The lowest BCUT2D eigenvalue weighted by Gasteiger charge is -2.48. The zero-order valence-corrected chi connectivity index (χ0v) is 38.2. The Morgan fingerprint density at radius 1 is 0.508 bits per heavy atom. The van der Waals surface area contributed by atoms with Crippen molar-refractivity contribution in [1.82, 2.24) is 0 Å². The van der Waals surface area contributed by atoms with Gasteiger partial charge >= 0.3 is 0 Å². The zero-order valence-electron chi connectivity index (χ0n) is 37.4. The summed E-state index contributed by atoms with van der Waals surface area (Å²) in [5.74, 6) is 0. The van der Waals surface area contributed by atoms with Crippen LogP contribution in [0.3, 0.4) is 0 Å². The molecule has 3 heterocycles. The maximum absolute atomic E-state index is 2.67. The SMILES string of the molecule is Cc1ccccc1-c1cc2c3c(c1)N(c1ccccc1C)c1cc4sc5ccccc5c4cc1B3c1cc3c(cc1N2c1ccc(C(C)(C)C)cc1C)C(C)(C)CCC3(C)C. The van der Waals surface area contributed by atoms with Gasteiger partial charge in [-0.1, -0.05) is 133 Å². The lowest BCUT2D eigenvalue weighted by atomic mass is 9.33. The van der Waals surface area contributed by atoms with Crippen molar-refractivity contribution in [2.24, 2.45) is 0 Å². The fourth-order valence-electron chi connectivity index (χ4n) is 11.0. The summed E-state index contributed by atoms with van der Waals surface area (Å²) in [5.41, 5.74) is 22.6. The van der Waals surface area contributed by atoms with Gasteiger partial charge in [-0.15, -0.1) is 11.3 Å². The second kappa shape index (κ2) is 13.2. The lowest BCUT2D eigenvalue weighted by molar-refractivity contribution is 0.332. The van der Waals surface area contributed by atoms with Crippen molar-refractivity contribution in [2.75, 3.05) is 9.80 Å². The normalized spacial score (nSPS) is 16.1. The van der Waals surface area contributed by atoms with Crippen LogP contribution in [-0.4, -0.2) is 6.71 Å². The molecular weight excluding hydrogens is 756 g/mol. The van der Waals surface area contributed by atoms with Crippen molar-refractivity contribution in [3.05, 3.63) is 161 Å². The van der Waals surface area contributed by atoms with Crippen LogP contribution < -0.4 is 26.2 Å². The quantitative estimate of drug-likeness (QED) is 0.164. The Balaban J connectivity index is 1.33. The standard InChI is InChI=1S/C57H55BN2S/c1-34-17-11-13-19-39(34)37-28-50-54-51(29-37)60(47-24-23-38(27-36(47)3)55(4,5)6)48-32-43-42(56(7,8)25-26-57(43,9)10)31-45(48)58(54)44-30-41-40-20-14-16-22-52(40)61-53(41)33-49(44)59(50)46-21-15-12-18-35(46)2/h11-24,27-33H,25-26H2,1-10H3. The van der Waals surface area contributed by atoms with Crippen molar-refractivity contribution < 1.29 is 0 Å². The van der Waals surface area contributed by atoms with E-state index < -0.39 is 0 Å². The average Bonchev–Trinajstić information content (AvgIpc) is 3.59. The van der Waals surface area contributed by atoms with Crippen LogP contribution in [0.25, 0.3) is 31.3 Å². The zero-order chi connectivity index (χ0) is 42.3.